The van der Waals surface area contributed by atoms with E-state index in [1.807, 2.05) is 6.07 Å². The van der Waals surface area contributed by atoms with Crippen molar-refractivity contribution in [1.29, 1.82) is 0 Å². The van der Waals surface area contributed by atoms with Crippen LogP contribution >= 0.6 is 11.6 Å². The van der Waals surface area contributed by atoms with Crippen LogP contribution in [-0.2, 0) is 4.79 Å². The molecule has 108 valence electrons. The van der Waals surface area contributed by atoms with E-state index in [0.29, 0.717) is 28.1 Å². The lowest BCUT2D eigenvalue weighted by molar-refractivity contribution is -0.114. The predicted octanol–water partition coefficient (Wildman–Crippen LogP) is 3.04. The fourth-order valence-corrected chi connectivity index (χ4v) is 2.65. The number of aromatic amines is 1. The Kier molecular flexibility index (Phi) is 3.17. The molecule has 0 aliphatic heterocycles. The molecule has 3 aromatic rings. The predicted molar refractivity (Wildman–Crippen MR) is 82.0 cm³/mol. The van der Waals surface area contributed by atoms with Crippen molar-refractivity contribution in [3.63, 3.8) is 0 Å². The number of nitrogens with one attached hydrogen (secondary N) is 2. The number of carbonyl (C=O) groups is 1. The van der Waals surface area contributed by atoms with Gasteiger partial charge in [-0.1, -0.05) is 11.6 Å². The zero-order valence-electron chi connectivity index (χ0n) is 11.7. The van der Waals surface area contributed by atoms with Crippen molar-refractivity contribution < 1.29 is 9.53 Å². The van der Waals surface area contributed by atoms with Gasteiger partial charge in [-0.2, -0.15) is 0 Å². The SMILES string of the molecule is COc1cc2c(cc1NC(C)=O)[nH]c1nc(C)nc(Cl)c12. The third kappa shape index (κ3) is 2.27. The highest BCUT2D eigenvalue weighted by atomic mass is 35.5. The number of nitrogens with zero attached hydrogens (tertiary/aromatic N) is 2. The number of methoxy groups -OCH3 is 1. The highest BCUT2D eigenvalue weighted by Crippen LogP contribution is 2.36. The van der Waals surface area contributed by atoms with Crippen LogP contribution in [0.3, 0.4) is 0 Å². The Bertz CT molecular complexity index is 872. The highest BCUT2D eigenvalue weighted by Gasteiger charge is 2.15. The van der Waals surface area contributed by atoms with Gasteiger partial charge in [-0.15, -0.1) is 0 Å². The summed E-state index contributed by atoms with van der Waals surface area (Å²) in [5.74, 6) is 0.973. The van der Waals surface area contributed by atoms with Gasteiger partial charge in [-0.3, -0.25) is 4.79 Å². The molecule has 0 saturated carbocycles. The van der Waals surface area contributed by atoms with Crippen LogP contribution in [0.2, 0.25) is 5.15 Å². The third-order valence-corrected chi connectivity index (χ3v) is 3.42. The van der Waals surface area contributed by atoms with E-state index in [1.54, 1.807) is 20.1 Å². The molecule has 0 spiro atoms. The fraction of sp³-hybridized carbons (Fsp3) is 0.214. The van der Waals surface area contributed by atoms with E-state index in [0.717, 1.165) is 16.3 Å². The summed E-state index contributed by atoms with van der Waals surface area (Å²) in [5.41, 5.74) is 2.05. The average molecular weight is 305 g/mol. The van der Waals surface area contributed by atoms with E-state index < -0.39 is 0 Å². The lowest BCUT2D eigenvalue weighted by atomic mass is 10.1. The van der Waals surface area contributed by atoms with Crippen LogP contribution in [0, 0.1) is 6.92 Å². The standard InChI is InChI=1S/C14H13ClN4O2/c1-6-16-13(15)12-8-4-11(21-3)10(18-7(2)20)5-9(8)19-14(12)17-6/h4-5H,1-3H3,(H,18,20)(H,16,17,19). The zero-order chi connectivity index (χ0) is 15.1. The van der Waals surface area contributed by atoms with Crippen LogP contribution in [0.25, 0.3) is 21.9 Å². The van der Waals surface area contributed by atoms with Crippen LogP contribution in [0.1, 0.15) is 12.7 Å². The first kappa shape index (κ1) is 13.6. The van der Waals surface area contributed by atoms with E-state index in [9.17, 15) is 4.79 Å². The Balaban J connectivity index is 2.35. The molecule has 7 heteroatoms. The number of rotatable bonds is 2. The van der Waals surface area contributed by atoms with Crippen LogP contribution in [0.4, 0.5) is 5.69 Å². The lowest BCUT2D eigenvalue weighted by Crippen LogP contribution is -2.07. The molecule has 21 heavy (non-hydrogen) atoms. The number of hydrogen-bond donors (Lipinski definition) is 2. The van der Waals surface area contributed by atoms with E-state index in [-0.39, 0.29) is 5.91 Å². The van der Waals surface area contributed by atoms with E-state index in [2.05, 4.69) is 20.3 Å². The van der Waals surface area contributed by atoms with Crippen LogP contribution in [0.15, 0.2) is 12.1 Å². The molecular weight excluding hydrogens is 292 g/mol. The number of fused-ring (bicyclic) bond motifs is 3. The van der Waals surface area contributed by atoms with Gasteiger partial charge >= 0.3 is 0 Å². The van der Waals surface area contributed by atoms with Gasteiger partial charge in [0.15, 0.2) is 0 Å². The number of halogens is 1. The summed E-state index contributed by atoms with van der Waals surface area (Å²) >= 11 is 6.22. The van der Waals surface area contributed by atoms with E-state index in [1.165, 1.54) is 6.92 Å². The molecule has 0 atom stereocenters. The smallest absolute Gasteiger partial charge is 0.221 e. The van der Waals surface area contributed by atoms with Crippen molar-refractivity contribution in [2.45, 2.75) is 13.8 Å². The summed E-state index contributed by atoms with van der Waals surface area (Å²) in [6.07, 6.45) is 0. The first-order valence-electron chi connectivity index (χ1n) is 6.30. The van der Waals surface area contributed by atoms with Gasteiger partial charge in [0.2, 0.25) is 5.91 Å². The van der Waals surface area contributed by atoms with Crippen molar-refractivity contribution in [2.75, 3.05) is 12.4 Å². The minimum atomic E-state index is -0.169. The first-order chi connectivity index (χ1) is 9.99. The van der Waals surface area contributed by atoms with E-state index in [4.69, 9.17) is 16.3 Å². The zero-order valence-corrected chi connectivity index (χ0v) is 12.5. The molecule has 0 aliphatic carbocycles. The molecule has 2 aromatic heterocycles. The second-order valence-corrected chi connectivity index (χ2v) is 5.05. The molecular formula is C14H13ClN4O2. The number of amides is 1. The number of hydrogen-bond acceptors (Lipinski definition) is 4. The van der Waals surface area contributed by atoms with E-state index >= 15 is 0 Å². The third-order valence-electron chi connectivity index (χ3n) is 3.15. The van der Waals surface area contributed by atoms with Crippen LogP contribution in [-0.4, -0.2) is 28.0 Å². The molecule has 0 aliphatic rings. The molecule has 1 aromatic carbocycles. The number of aryl methyl sites for hydroxylation is 1. The monoisotopic (exact) mass is 304 g/mol. The molecule has 0 bridgehead atoms. The van der Waals surface area contributed by atoms with Gasteiger partial charge in [0.25, 0.3) is 0 Å². The summed E-state index contributed by atoms with van der Waals surface area (Å²) in [5, 5.41) is 4.71. The highest BCUT2D eigenvalue weighted by molar-refractivity contribution is 6.36. The number of benzene rings is 1. The Morgan fingerprint density at radius 3 is 2.81 bits per heavy atom. The summed E-state index contributed by atoms with van der Waals surface area (Å²) in [6.45, 7) is 3.22. The Morgan fingerprint density at radius 1 is 1.38 bits per heavy atom. The molecule has 1 amide bonds. The van der Waals surface area contributed by atoms with Gasteiger partial charge in [0.1, 0.15) is 22.4 Å². The molecule has 0 fully saturated rings. The van der Waals surface area contributed by atoms with Crippen molar-refractivity contribution in [2.24, 2.45) is 0 Å². The second kappa shape index (κ2) is 4.89. The minimum absolute atomic E-state index is 0.169. The molecule has 3 rings (SSSR count). The number of H-pyrrole nitrogens is 1. The summed E-state index contributed by atoms with van der Waals surface area (Å²) in [6, 6.07) is 3.60. The summed E-state index contributed by atoms with van der Waals surface area (Å²) in [4.78, 5) is 23.0. The summed E-state index contributed by atoms with van der Waals surface area (Å²) in [7, 11) is 1.55. The second-order valence-electron chi connectivity index (χ2n) is 4.69. The lowest BCUT2D eigenvalue weighted by Gasteiger charge is -2.09. The van der Waals surface area contributed by atoms with Gasteiger partial charge < -0.3 is 15.0 Å². The maximum Gasteiger partial charge on any atom is 0.221 e. The van der Waals surface area contributed by atoms with Crippen molar-refractivity contribution >= 4 is 45.1 Å². The van der Waals surface area contributed by atoms with Gasteiger partial charge in [-0.05, 0) is 19.1 Å². The Hall–Kier alpha value is -2.34. The molecule has 0 unspecified atom stereocenters. The molecule has 0 radical (unpaired) electrons. The number of ether oxygens (including phenoxy) is 1. The normalized spacial score (nSPS) is 11.0. The number of aromatic nitrogens is 3. The van der Waals surface area contributed by atoms with Crippen molar-refractivity contribution in [3.05, 3.63) is 23.1 Å². The topological polar surface area (TPSA) is 79.9 Å². The van der Waals surface area contributed by atoms with Gasteiger partial charge in [0.05, 0.1) is 23.7 Å². The molecule has 6 nitrogen and oxygen atoms in total. The number of carbonyl (C=O) groups excluding carboxylic acids is 1. The maximum absolute atomic E-state index is 11.3. The number of anilines is 1. The van der Waals surface area contributed by atoms with Gasteiger partial charge in [-0.25, -0.2) is 9.97 Å². The molecule has 2 heterocycles. The quantitative estimate of drug-likeness (QED) is 0.713. The average Bonchev–Trinajstić information content (AvgIpc) is 2.73. The van der Waals surface area contributed by atoms with Crippen molar-refractivity contribution in [3.8, 4) is 5.75 Å². The van der Waals surface area contributed by atoms with Crippen LogP contribution in [0.5, 0.6) is 5.75 Å². The fourth-order valence-electron chi connectivity index (χ4n) is 2.34. The largest absolute Gasteiger partial charge is 0.495 e. The maximum atomic E-state index is 11.3. The Morgan fingerprint density at radius 2 is 2.14 bits per heavy atom. The van der Waals surface area contributed by atoms with Gasteiger partial charge in [0, 0.05) is 12.3 Å². The van der Waals surface area contributed by atoms with Crippen LogP contribution < -0.4 is 10.1 Å². The van der Waals surface area contributed by atoms with Crippen molar-refractivity contribution in [1.82, 2.24) is 15.0 Å². The Labute approximate surface area is 125 Å². The summed E-state index contributed by atoms with van der Waals surface area (Å²) < 4.78 is 5.32. The molecule has 0 saturated heterocycles. The minimum Gasteiger partial charge on any atom is -0.495 e. The molecule has 2 N–H and O–H groups in total. The first-order valence-corrected chi connectivity index (χ1v) is 6.68.